The van der Waals surface area contributed by atoms with Gasteiger partial charge in [0.15, 0.2) is 0 Å². The van der Waals surface area contributed by atoms with Gasteiger partial charge >= 0.3 is 0 Å². The SMILES string of the molecule is C1COCCN1.CC(C)NC1(c2cccc(O)c2)CCCCC1. The summed E-state index contributed by atoms with van der Waals surface area (Å²) in [5.74, 6) is 0.373. The second-order valence-corrected chi connectivity index (χ2v) is 6.85. The van der Waals surface area contributed by atoms with Gasteiger partial charge in [0, 0.05) is 24.7 Å². The van der Waals surface area contributed by atoms with Gasteiger partial charge in [-0.05, 0) is 30.5 Å². The number of hydrogen-bond donors (Lipinski definition) is 3. The van der Waals surface area contributed by atoms with Crippen LogP contribution in [-0.4, -0.2) is 37.5 Å². The molecule has 2 aliphatic rings. The Labute approximate surface area is 140 Å². The van der Waals surface area contributed by atoms with Crippen LogP contribution in [0.1, 0.15) is 51.5 Å². The van der Waals surface area contributed by atoms with E-state index in [4.69, 9.17) is 4.74 Å². The van der Waals surface area contributed by atoms with Crippen molar-refractivity contribution in [1.29, 1.82) is 0 Å². The summed E-state index contributed by atoms with van der Waals surface area (Å²) in [5, 5.41) is 16.6. The number of morpholine rings is 1. The molecule has 0 unspecified atom stereocenters. The Bertz CT molecular complexity index is 441. The van der Waals surface area contributed by atoms with E-state index < -0.39 is 0 Å². The molecule has 0 aromatic heterocycles. The van der Waals surface area contributed by atoms with Crippen LogP contribution in [0.5, 0.6) is 5.75 Å². The number of phenols is 1. The Balaban J connectivity index is 0.000000268. The molecule has 4 heteroatoms. The first-order chi connectivity index (χ1) is 11.1. The molecule has 0 atom stereocenters. The Morgan fingerprint density at radius 1 is 1.13 bits per heavy atom. The third kappa shape index (κ3) is 5.79. The lowest BCUT2D eigenvalue weighted by molar-refractivity contribution is 0.109. The maximum atomic E-state index is 9.66. The van der Waals surface area contributed by atoms with Crippen LogP contribution < -0.4 is 10.6 Å². The minimum Gasteiger partial charge on any atom is -0.508 e. The number of nitrogens with one attached hydrogen (secondary N) is 2. The Morgan fingerprint density at radius 3 is 2.30 bits per heavy atom. The Morgan fingerprint density at radius 2 is 1.83 bits per heavy atom. The lowest BCUT2D eigenvalue weighted by Crippen LogP contribution is -2.47. The highest BCUT2D eigenvalue weighted by Gasteiger charge is 2.34. The summed E-state index contributed by atoms with van der Waals surface area (Å²) in [4.78, 5) is 0. The number of ether oxygens (including phenoxy) is 1. The molecule has 1 aliphatic heterocycles. The largest absolute Gasteiger partial charge is 0.508 e. The van der Waals surface area contributed by atoms with Crippen LogP contribution in [0.2, 0.25) is 0 Å². The van der Waals surface area contributed by atoms with E-state index in [-0.39, 0.29) is 5.54 Å². The van der Waals surface area contributed by atoms with E-state index in [0.717, 1.165) is 26.3 Å². The fourth-order valence-electron chi connectivity index (χ4n) is 3.54. The third-order valence-corrected chi connectivity index (χ3v) is 4.52. The van der Waals surface area contributed by atoms with Gasteiger partial charge in [0.25, 0.3) is 0 Å². The maximum absolute atomic E-state index is 9.66. The molecule has 1 aliphatic carbocycles. The molecule has 3 N–H and O–H groups in total. The van der Waals surface area contributed by atoms with Crippen molar-refractivity contribution in [2.45, 2.75) is 57.5 Å². The molecular weight excluding hydrogens is 288 g/mol. The number of hydrogen-bond acceptors (Lipinski definition) is 4. The molecule has 1 saturated heterocycles. The molecular formula is C19H32N2O2. The zero-order chi connectivity index (χ0) is 16.5. The molecule has 130 valence electrons. The average Bonchev–Trinajstić information content (AvgIpc) is 2.57. The summed E-state index contributed by atoms with van der Waals surface area (Å²) in [7, 11) is 0. The molecule has 2 fully saturated rings. The maximum Gasteiger partial charge on any atom is 0.115 e. The van der Waals surface area contributed by atoms with Crippen molar-refractivity contribution in [3.8, 4) is 5.75 Å². The number of phenolic OH excluding ortho intramolecular Hbond substituents is 1. The highest BCUT2D eigenvalue weighted by Crippen LogP contribution is 2.38. The van der Waals surface area contributed by atoms with Crippen LogP contribution in [0.3, 0.4) is 0 Å². The zero-order valence-corrected chi connectivity index (χ0v) is 14.6. The summed E-state index contributed by atoms with van der Waals surface area (Å²) in [6.45, 7) is 8.22. The van der Waals surface area contributed by atoms with Crippen molar-refractivity contribution < 1.29 is 9.84 Å². The van der Waals surface area contributed by atoms with Crippen molar-refractivity contribution >= 4 is 0 Å². The van der Waals surface area contributed by atoms with Gasteiger partial charge in [-0.1, -0.05) is 45.2 Å². The predicted molar refractivity (Wildman–Crippen MR) is 94.8 cm³/mol. The molecule has 1 aromatic carbocycles. The first-order valence-corrected chi connectivity index (χ1v) is 8.98. The summed E-state index contributed by atoms with van der Waals surface area (Å²) in [6, 6.07) is 8.22. The summed E-state index contributed by atoms with van der Waals surface area (Å²) < 4.78 is 5.01. The van der Waals surface area contributed by atoms with Crippen LogP contribution in [0.4, 0.5) is 0 Å². The van der Waals surface area contributed by atoms with E-state index in [1.165, 1.54) is 37.7 Å². The Kier molecular flexibility index (Phi) is 7.34. The van der Waals surface area contributed by atoms with E-state index in [2.05, 4.69) is 30.5 Å². The topological polar surface area (TPSA) is 53.5 Å². The first kappa shape index (κ1) is 18.2. The van der Waals surface area contributed by atoms with Crippen molar-refractivity contribution in [3.63, 3.8) is 0 Å². The molecule has 23 heavy (non-hydrogen) atoms. The summed E-state index contributed by atoms with van der Waals surface area (Å²) in [6.07, 6.45) is 6.23. The van der Waals surface area contributed by atoms with Gasteiger partial charge < -0.3 is 20.5 Å². The van der Waals surface area contributed by atoms with Gasteiger partial charge in [-0.3, -0.25) is 0 Å². The van der Waals surface area contributed by atoms with Gasteiger partial charge in [-0.25, -0.2) is 0 Å². The highest BCUT2D eigenvalue weighted by molar-refractivity contribution is 5.33. The molecule has 1 aromatic rings. The summed E-state index contributed by atoms with van der Waals surface area (Å²) >= 11 is 0. The van der Waals surface area contributed by atoms with E-state index in [1.807, 2.05) is 12.1 Å². The van der Waals surface area contributed by atoms with Crippen LogP contribution in [0.25, 0.3) is 0 Å². The number of benzene rings is 1. The number of rotatable bonds is 3. The molecule has 4 nitrogen and oxygen atoms in total. The average molecular weight is 320 g/mol. The molecule has 3 rings (SSSR count). The minimum absolute atomic E-state index is 0.0746. The smallest absolute Gasteiger partial charge is 0.115 e. The van der Waals surface area contributed by atoms with Crippen molar-refractivity contribution in [2.75, 3.05) is 26.3 Å². The lowest BCUT2D eigenvalue weighted by Gasteiger charge is -2.40. The van der Waals surface area contributed by atoms with Gasteiger partial charge in [0.2, 0.25) is 0 Å². The quantitative estimate of drug-likeness (QED) is 0.801. The van der Waals surface area contributed by atoms with E-state index in [9.17, 15) is 5.11 Å². The third-order valence-electron chi connectivity index (χ3n) is 4.52. The van der Waals surface area contributed by atoms with Crippen LogP contribution >= 0.6 is 0 Å². The second kappa shape index (κ2) is 9.26. The minimum atomic E-state index is 0.0746. The van der Waals surface area contributed by atoms with Crippen molar-refractivity contribution in [1.82, 2.24) is 10.6 Å². The molecule has 0 spiro atoms. The molecule has 0 amide bonds. The standard InChI is InChI=1S/C15H23NO.C4H9NO/c1-12(2)16-15(9-4-3-5-10-15)13-7-6-8-14(17)11-13;1-3-6-4-2-5-1/h6-8,11-12,16-17H,3-5,9-10H2,1-2H3;5H,1-4H2. The van der Waals surface area contributed by atoms with Crippen LogP contribution in [0, 0.1) is 0 Å². The zero-order valence-electron chi connectivity index (χ0n) is 14.6. The highest BCUT2D eigenvalue weighted by atomic mass is 16.5. The molecule has 0 radical (unpaired) electrons. The van der Waals surface area contributed by atoms with Gasteiger partial charge in [0.05, 0.1) is 13.2 Å². The predicted octanol–water partition coefficient (Wildman–Crippen LogP) is 3.16. The lowest BCUT2D eigenvalue weighted by atomic mass is 9.76. The summed E-state index contributed by atoms with van der Waals surface area (Å²) in [5.41, 5.74) is 1.32. The molecule has 0 bridgehead atoms. The fourth-order valence-corrected chi connectivity index (χ4v) is 3.54. The molecule has 1 heterocycles. The van der Waals surface area contributed by atoms with Crippen LogP contribution in [0.15, 0.2) is 24.3 Å². The Hall–Kier alpha value is -1.10. The molecule has 1 saturated carbocycles. The van der Waals surface area contributed by atoms with Gasteiger partial charge in [0.1, 0.15) is 5.75 Å². The normalized spacial score (nSPS) is 20.7. The van der Waals surface area contributed by atoms with Crippen LogP contribution in [-0.2, 0) is 10.3 Å². The van der Waals surface area contributed by atoms with Crippen molar-refractivity contribution in [2.24, 2.45) is 0 Å². The van der Waals surface area contributed by atoms with E-state index in [1.54, 1.807) is 6.07 Å². The first-order valence-electron chi connectivity index (χ1n) is 8.98. The monoisotopic (exact) mass is 320 g/mol. The van der Waals surface area contributed by atoms with Crippen molar-refractivity contribution in [3.05, 3.63) is 29.8 Å². The van der Waals surface area contributed by atoms with E-state index >= 15 is 0 Å². The van der Waals surface area contributed by atoms with Gasteiger partial charge in [-0.15, -0.1) is 0 Å². The number of aromatic hydroxyl groups is 1. The van der Waals surface area contributed by atoms with Gasteiger partial charge in [-0.2, -0.15) is 0 Å². The fraction of sp³-hybridized carbons (Fsp3) is 0.684. The second-order valence-electron chi connectivity index (χ2n) is 6.85. The van der Waals surface area contributed by atoms with E-state index in [0.29, 0.717) is 11.8 Å².